The summed E-state index contributed by atoms with van der Waals surface area (Å²) >= 11 is 6.36. The molecule has 1 atom stereocenters. The smallest absolute Gasteiger partial charge is 0.412 e. The highest BCUT2D eigenvalue weighted by Crippen LogP contribution is 2.41. The van der Waals surface area contributed by atoms with Gasteiger partial charge < -0.3 is 19.9 Å². The molecule has 5 rings (SSSR count). The zero-order chi connectivity index (χ0) is 25.4. The van der Waals surface area contributed by atoms with Crippen LogP contribution in [-0.4, -0.2) is 59.6 Å². The van der Waals surface area contributed by atoms with Crippen LogP contribution in [0.5, 0.6) is 5.88 Å². The number of nitrogens with zero attached hydrogens (tertiary/aromatic N) is 3. The predicted molar refractivity (Wildman–Crippen MR) is 132 cm³/mol. The number of hydrogen-bond acceptors (Lipinski definition) is 6. The molecule has 1 fully saturated rings. The Hall–Kier alpha value is -3.70. The molecule has 188 valence electrons. The van der Waals surface area contributed by atoms with Gasteiger partial charge in [-0.1, -0.05) is 11.6 Å². The van der Waals surface area contributed by atoms with Gasteiger partial charge in [0, 0.05) is 35.5 Å². The maximum atomic E-state index is 15.4. The second-order valence-electron chi connectivity index (χ2n) is 8.59. The number of benzene rings is 1. The molecule has 3 aromatic rings. The highest BCUT2D eigenvalue weighted by atomic mass is 35.5. The van der Waals surface area contributed by atoms with E-state index in [0.29, 0.717) is 35.1 Å². The third-order valence-electron chi connectivity index (χ3n) is 6.26. The molecule has 2 aliphatic rings. The summed E-state index contributed by atoms with van der Waals surface area (Å²) in [7, 11) is 0. The largest absolute Gasteiger partial charge is 0.474 e. The van der Waals surface area contributed by atoms with Gasteiger partial charge in [0.2, 0.25) is 5.88 Å². The van der Waals surface area contributed by atoms with E-state index in [0.717, 1.165) is 17.7 Å². The lowest BCUT2D eigenvalue weighted by Gasteiger charge is -2.28. The van der Waals surface area contributed by atoms with Gasteiger partial charge in [0.1, 0.15) is 23.9 Å². The van der Waals surface area contributed by atoms with Crippen molar-refractivity contribution in [2.45, 2.75) is 25.8 Å². The van der Waals surface area contributed by atoms with Gasteiger partial charge in [-0.15, -0.1) is 0 Å². The van der Waals surface area contributed by atoms with E-state index in [1.165, 1.54) is 12.4 Å². The highest BCUT2D eigenvalue weighted by molar-refractivity contribution is 6.36. The molecule has 0 saturated carbocycles. The number of carbonyl (C=O) groups is 2. The van der Waals surface area contributed by atoms with E-state index < -0.39 is 17.9 Å². The summed E-state index contributed by atoms with van der Waals surface area (Å²) in [4.78, 5) is 33.7. The standard InChI is InChI=1S/C24H23ClFN5O5/c1-12-16(9-28-22-21(12)31(24(33)34)4-6-36-22)15-7-13-8-18(27-10-17(13)19(25)20(15)26)30-23(32)29-14-3-2-5-35-11-14/h7-10,14H,2-6,11H2,1H3,(H,33,34)(H2,27,29,30,32). The number of anilines is 2. The molecule has 0 aliphatic carbocycles. The van der Waals surface area contributed by atoms with Crippen LogP contribution in [0.25, 0.3) is 21.9 Å². The van der Waals surface area contributed by atoms with Crippen LogP contribution in [0.1, 0.15) is 18.4 Å². The number of ether oxygens (including phenoxy) is 2. The van der Waals surface area contributed by atoms with Gasteiger partial charge in [-0.2, -0.15) is 0 Å². The molecule has 10 nitrogen and oxygen atoms in total. The summed E-state index contributed by atoms with van der Waals surface area (Å²) in [6.45, 7) is 3.12. The normalized spacial score (nSPS) is 17.3. The van der Waals surface area contributed by atoms with E-state index in [4.69, 9.17) is 21.1 Å². The van der Waals surface area contributed by atoms with Crippen LogP contribution in [0.15, 0.2) is 24.5 Å². The van der Waals surface area contributed by atoms with E-state index in [1.807, 2.05) is 0 Å². The van der Waals surface area contributed by atoms with Crippen molar-refractivity contribution in [2.24, 2.45) is 0 Å². The summed E-state index contributed by atoms with van der Waals surface area (Å²) in [5, 5.41) is 15.9. The van der Waals surface area contributed by atoms with E-state index in [2.05, 4.69) is 20.6 Å². The monoisotopic (exact) mass is 515 g/mol. The molecule has 0 bridgehead atoms. The second-order valence-corrected chi connectivity index (χ2v) is 8.97. The van der Waals surface area contributed by atoms with Crippen molar-refractivity contribution in [3.63, 3.8) is 0 Å². The molecule has 0 spiro atoms. The van der Waals surface area contributed by atoms with Crippen molar-refractivity contribution in [1.29, 1.82) is 0 Å². The SMILES string of the molecule is Cc1c(-c2cc3cc(NC(=O)NC4CCCOC4)ncc3c(Cl)c2F)cnc2c1N(C(=O)O)CCO2. The fourth-order valence-corrected chi connectivity index (χ4v) is 4.75. The third-order valence-corrected chi connectivity index (χ3v) is 6.63. The van der Waals surface area contributed by atoms with Crippen LogP contribution in [-0.2, 0) is 4.74 Å². The minimum absolute atomic E-state index is 0.0804. The number of hydrogen-bond donors (Lipinski definition) is 3. The Morgan fingerprint density at radius 2 is 2.06 bits per heavy atom. The maximum absolute atomic E-state index is 15.4. The fourth-order valence-electron chi connectivity index (χ4n) is 4.49. The molecule has 3 amide bonds. The summed E-state index contributed by atoms with van der Waals surface area (Å²) in [6, 6.07) is 2.66. The molecule has 4 heterocycles. The number of aromatic nitrogens is 2. The molecule has 1 saturated heterocycles. The van der Waals surface area contributed by atoms with Crippen LogP contribution in [0.3, 0.4) is 0 Å². The van der Waals surface area contributed by atoms with Crippen LogP contribution >= 0.6 is 11.6 Å². The number of carboxylic acid groups (broad SMARTS) is 1. The molecular formula is C24H23ClFN5O5. The average molecular weight is 516 g/mol. The molecule has 3 N–H and O–H groups in total. The zero-order valence-electron chi connectivity index (χ0n) is 19.3. The number of pyridine rings is 2. The van der Waals surface area contributed by atoms with E-state index in [1.54, 1.807) is 19.1 Å². The number of carbonyl (C=O) groups excluding carboxylic acids is 1. The zero-order valence-corrected chi connectivity index (χ0v) is 20.1. The maximum Gasteiger partial charge on any atom is 0.412 e. The fraction of sp³-hybridized carbons (Fsp3) is 0.333. The van der Waals surface area contributed by atoms with Crippen LogP contribution < -0.4 is 20.3 Å². The highest BCUT2D eigenvalue weighted by Gasteiger charge is 2.29. The molecule has 0 radical (unpaired) electrons. The topological polar surface area (TPSA) is 126 Å². The minimum Gasteiger partial charge on any atom is -0.474 e. The van der Waals surface area contributed by atoms with E-state index in [9.17, 15) is 14.7 Å². The predicted octanol–water partition coefficient (Wildman–Crippen LogP) is 4.58. The van der Waals surface area contributed by atoms with Crippen molar-refractivity contribution >= 4 is 46.0 Å². The average Bonchev–Trinajstić information content (AvgIpc) is 2.87. The third kappa shape index (κ3) is 4.47. The van der Waals surface area contributed by atoms with Gasteiger partial charge in [-0.05, 0) is 42.8 Å². The first-order valence-corrected chi connectivity index (χ1v) is 11.8. The summed E-state index contributed by atoms with van der Waals surface area (Å²) in [5.41, 5.74) is 1.26. The van der Waals surface area contributed by atoms with Gasteiger partial charge in [0.15, 0.2) is 0 Å². The summed E-state index contributed by atoms with van der Waals surface area (Å²) in [6.07, 6.45) is 3.37. The quantitative estimate of drug-likeness (QED) is 0.466. The first-order chi connectivity index (χ1) is 17.3. The van der Waals surface area contributed by atoms with Crippen LogP contribution in [0.2, 0.25) is 5.02 Å². The lowest BCUT2D eigenvalue weighted by atomic mass is 9.97. The molecule has 36 heavy (non-hydrogen) atoms. The molecule has 2 aliphatic heterocycles. The van der Waals surface area contributed by atoms with Crippen molar-refractivity contribution < 1.29 is 28.6 Å². The lowest BCUT2D eigenvalue weighted by molar-refractivity contribution is 0.0739. The van der Waals surface area contributed by atoms with Gasteiger partial charge in [-0.3, -0.25) is 10.2 Å². The lowest BCUT2D eigenvalue weighted by Crippen LogP contribution is -2.42. The number of halogens is 2. The number of nitrogens with one attached hydrogen (secondary N) is 2. The van der Waals surface area contributed by atoms with Crippen LogP contribution in [0, 0.1) is 12.7 Å². The Morgan fingerprint density at radius 3 is 2.81 bits per heavy atom. The summed E-state index contributed by atoms with van der Waals surface area (Å²) in [5.74, 6) is -0.261. The molecule has 1 aromatic carbocycles. The van der Waals surface area contributed by atoms with Gasteiger partial charge in [0.25, 0.3) is 0 Å². The number of fused-ring (bicyclic) bond motifs is 2. The molecule has 2 aromatic heterocycles. The van der Waals surface area contributed by atoms with Crippen molar-refractivity contribution in [1.82, 2.24) is 15.3 Å². The summed E-state index contributed by atoms with van der Waals surface area (Å²) < 4.78 is 26.3. The molecule has 1 unspecified atom stereocenters. The van der Waals surface area contributed by atoms with E-state index in [-0.39, 0.29) is 47.2 Å². The first-order valence-electron chi connectivity index (χ1n) is 11.4. The van der Waals surface area contributed by atoms with Crippen LogP contribution in [0.4, 0.5) is 25.5 Å². The van der Waals surface area contributed by atoms with Gasteiger partial charge in [0.05, 0.1) is 24.2 Å². The van der Waals surface area contributed by atoms with E-state index >= 15 is 4.39 Å². The molecule has 12 heteroatoms. The Morgan fingerprint density at radius 1 is 1.22 bits per heavy atom. The number of amides is 3. The Bertz CT molecular complexity index is 1360. The Labute approximate surface area is 210 Å². The van der Waals surface area contributed by atoms with Crippen molar-refractivity contribution in [3.05, 3.63) is 40.9 Å². The number of urea groups is 1. The Balaban J connectivity index is 1.50. The van der Waals surface area contributed by atoms with Gasteiger partial charge >= 0.3 is 12.1 Å². The molecular weight excluding hydrogens is 493 g/mol. The van der Waals surface area contributed by atoms with Crippen molar-refractivity contribution in [3.8, 4) is 17.0 Å². The Kier molecular flexibility index (Phi) is 6.50. The van der Waals surface area contributed by atoms with Crippen molar-refractivity contribution in [2.75, 3.05) is 36.6 Å². The number of rotatable bonds is 3. The van der Waals surface area contributed by atoms with Gasteiger partial charge in [-0.25, -0.2) is 23.9 Å². The minimum atomic E-state index is -1.15. The first kappa shape index (κ1) is 24.0. The second kappa shape index (κ2) is 9.75.